The molecule has 0 radical (unpaired) electrons. The van der Waals surface area contributed by atoms with Gasteiger partial charge in [-0.15, -0.1) is 0 Å². The molecule has 2 aliphatic heterocycles. The number of nitrogens with zero attached hydrogens (tertiary/aromatic N) is 8. The third-order valence-corrected chi connectivity index (χ3v) is 6.39. The number of likely N-dealkylation sites (N-methyl/N-ethyl adjacent to an activating group) is 1. The van der Waals surface area contributed by atoms with E-state index in [-0.39, 0.29) is 6.04 Å². The van der Waals surface area contributed by atoms with Crippen molar-refractivity contribution in [1.82, 2.24) is 34.2 Å². The van der Waals surface area contributed by atoms with Gasteiger partial charge in [0.2, 0.25) is 5.95 Å². The first kappa shape index (κ1) is 20.2. The number of rotatable bonds is 5. The highest BCUT2D eigenvalue weighted by Gasteiger charge is 2.27. The first-order chi connectivity index (χ1) is 14.9. The number of anilines is 3. The summed E-state index contributed by atoms with van der Waals surface area (Å²) in [7, 11) is 2.14. The third-order valence-electron chi connectivity index (χ3n) is 6.39. The molecular weight excluding hydrogens is 397 g/mol. The summed E-state index contributed by atoms with van der Waals surface area (Å²) in [4.78, 5) is 18.3. The van der Waals surface area contributed by atoms with Crippen LogP contribution in [0.15, 0.2) is 12.5 Å². The van der Waals surface area contributed by atoms with Gasteiger partial charge >= 0.3 is 0 Å². The highest BCUT2D eigenvalue weighted by atomic mass is 19.1. The lowest BCUT2D eigenvalue weighted by Gasteiger charge is -2.18. The van der Waals surface area contributed by atoms with Gasteiger partial charge in [-0.05, 0) is 47.2 Å². The van der Waals surface area contributed by atoms with E-state index in [1.807, 2.05) is 15.7 Å². The van der Waals surface area contributed by atoms with Gasteiger partial charge in [0.25, 0.3) is 0 Å². The van der Waals surface area contributed by atoms with Crippen LogP contribution in [0.5, 0.6) is 0 Å². The van der Waals surface area contributed by atoms with Crippen molar-refractivity contribution >= 4 is 28.6 Å². The predicted molar refractivity (Wildman–Crippen MR) is 119 cm³/mol. The molecule has 3 aromatic rings. The Hall–Kier alpha value is -2.75. The van der Waals surface area contributed by atoms with Crippen LogP contribution in [0.4, 0.5) is 21.8 Å². The molecule has 0 bridgehead atoms. The minimum atomic E-state index is -0.837. The summed E-state index contributed by atoms with van der Waals surface area (Å²) in [6.45, 7) is 9.30. The van der Waals surface area contributed by atoms with E-state index < -0.39 is 6.17 Å². The van der Waals surface area contributed by atoms with Crippen molar-refractivity contribution in [1.29, 1.82) is 0 Å². The van der Waals surface area contributed by atoms with E-state index in [9.17, 15) is 4.39 Å². The van der Waals surface area contributed by atoms with Gasteiger partial charge in [0, 0.05) is 19.1 Å². The summed E-state index contributed by atoms with van der Waals surface area (Å²) in [5.41, 5.74) is 3.44. The molecule has 0 aliphatic carbocycles. The summed E-state index contributed by atoms with van der Waals surface area (Å²) >= 11 is 0. The molecule has 5 heterocycles. The number of hydrogen-bond acceptors (Lipinski definition) is 7. The van der Waals surface area contributed by atoms with Crippen molar-refractivity contribution < 1.29 is 4.39 Å². The third kappa shape index (κ3) is 3.62. The van der Waals surface area contributed by atoms with E-state index in [1.54, 1.807) is 6.33 Å². The number of aromatic nitrogens is 6. The molecule has 1 N–H and O–H groups in total. The number of likely N-dealkylation sites (tertiary alicyclic amines) is 1. The lowest BCUT2D eigenvalue weighted by atomic mass is 10.2. The van der Waals surface area contributed by atoms with Crippen molar-refractivity contribution in [2.45, 2.75) is 51.9 Å². The van der Waals surface area contributed by atoms with Gasteiger partial charge in [-0.1, -0.05) is 0 Å². The maximum Gasteiger partial charge on any atom is 0.229 e. The first-order valence-corrected chi connectivity index (χ1v) is 11.0. The zero-order valence-electron chi connectivity index (χ0n) is 18.6. The van der Waals surface area contributed by atoms with Crippen molar-refractivity contribution in [3.63, 3.8) is 0 Å². The number of nitrogens with one attached hydrogen (secondary N) is 1. The average Bonchev–Trinajstić information content (AvgIpc) is 3.50. The molecule has 2 fully saturated rings. The van der Waals surface area contributed by atoms with E-state index in [0.29, 0.717) is 42.8 Å². The van der Waals surface area contributed by atoms with Gasteiger partial charge < -0.3 is 19.7 Å². The second-order valence-corrected chi connectivity index (χ2v) is 9.04. The molecule has 0 spiro atoms. The normalized spacial score (nSPS) is 22.3. The van der Waals surface area contributed by atoms with Gasteiger partial charge in [0.05, 0.1) is 36.5 Å². The molecule has 31 heavy (non-hydrogen) atoms. The lowest BCUT2D eigenvalue weighted by Crippen LogP contribution is -2.23. The number of halogens is 1. The largest absolute Gasteiger partial charge is 0.338 e. The summed E-state index contributed by atoms with van der Waals surface area (Å²) in [5.74, 6) is 1.17. The Balaban J connectivity index is 1.52. The summed E-state index contributed by atoms with van der Waals surface area (Å²) in [6, 6.07) is 0.588. The summed E-state index contributed by atoms with van der Waals surface area (Å²) in [5, 5.41) is 8.10. The topological polar surface area (TPSA) is 79.9 Å². The molecule has 2 unspecified atom stereocenters. The minimum absolute atomic E-state index is 0.206. The zero-order chi connectivity index (χ0) is 21.7. The van der Waals surface area contributed by atoms with Gasteiger partial charge in [-0.3, -0.25) is 4.68 Å². The molecule has 3 aromatic heterocycles. The smallest absolute Gasteiger partial charge is 0.229 e. The van der Waals surface area contributed by atoms with Gasteiger partial charge in [0.15, 0.2) is 17.0 Å². The number of hydrogen-bond donors (Lipinski definition) is 1. The zero-order valence-corrected chi connectivity index (χ0v) is 18.6. The Kier molecular flexibility index (Phi) is 5.04. The number of alkyl halides is 1. The van der Waals surface area contributed by atoms with Crippen LogP contribution in [-0.2, 0) is 0 Å². The van der Waals surface area contributed by atoms with Crippen LogP contribution in [-0.4, -0.2) is 73.6 Å². The highest BCUT2D eigenvalue weighted by Crippen LogP contribution is 2.31. The molecule has 10 heteroatoms. The molecule has 5 rings (SSSR count). The minimum Gasteiger partial charge on any atom is -0.338 e. The van der Waals surface area contributed by atoms with Crippen LogP contribution < -0.4 is 10.2 Å². The fourth-order valence-corrected chi connectivity index (χ4v) is 4.56. The van der Waals surface area contributed by atoms with E-state index in [4.69, 9.17) is 9.97 Å². The van der Waals surface area contributed by atoms with E-state index >= 15 is 0 Å². The molecule has 0 aromatic carbocycles. The number of imidazole rings is 1. The maximum atomic E-state index is 13.9. The van der Waals surface area contributed by atoms with Gasteiger partial charge in [0.1, 0.15) is 6.17 Å². The van der Waals surface area contributed by atoms with Crippen molar-refractivity contribution in [2.75, 3.05) is 43.4 Å². The SMILES string of the molecule is Cc1c(Nc2nc(N3CCC(F)C3)nc3c2ncn3C(C)C)cnn1C1CCN(C)C1. The fraction of sp³-hybridized carbons (Fsp3) is 0.619. The van der Waals surface area contributed by atoms with Crippen molar-refractivity contribution in [3.05, 3.63) is 18.2 Å². The Morgan fingerprint density at radius 3 is 2.68 bits per heavy atom. The van der Waals surface area contributed by atoms with Crippen LogP contribution in [0.3, 0.4) is 0 Å². The monoisotopic (exact) mass is 427 g/mol. The van der Waals surface area contributed by atoms with E-state index in [1.165, 1.54) is 0 Å². The fourth-order valence-electron chi connectivity index (χ4n) is 4.56. The molecular formula is C21H30FN9. The maximum absolute atomic E-state index is 13.9. The predicted octanol–water partition coefficient (Wildman–Crippen LogP) is 3.08. The molecule has 2 aliphatic rings. The van der Waals surface area contributed by atoms with Crippen molar-refractivity contribution in [3.8, 4) is 0 Å². The van der Waals surface area contributed by atoms with Crippen LogP contribution in [0.1, 0.15) is 44.5 Å². The van der Waals surface area contributed by atoms with E-state index in [0.717, 1.165) is 36.5 Å². The lowest BCUT2D eigenvalue weighted by molar-refractivity contribution is 0.364. The van der Waals surface area contributed by atoms with Crippen LogP contribution in [0.25, 0.3) is 11.2 Å². The molecule has 0 amide bonds. The van der Waals surface area contributed by atoms with Gasteiger partial charge in [-0.25, -0.2) is 9.37 Å². The number of fused-ring (bicyclic) bond motifs is 1. The van der Waals surface area contributed by atoms with E-state index in [2.05, 4.69) is 52.8 Å². The Bertz CT molecular complexity index is 1090. The standard InChI is InChI=1S/C21H30FN9/c1-13(2)30-12-23-18-19(26-21(27-20(18)30)29-8-5-15(22)10-29)25-17-9-24-31(14(17)3)16-6-7-28(4)11-16/h9,12-13,15-16H,5-8,10-11H2,1-4H3,(H,25,26,27). The summed E-state index contributed by atoms with van der Waals surface area (Å²) in [6.07, 6.45) is 4.42. The Morgan fingerprint density at radius 1 is 1.16 bits per heavy atom. The quantitative estimate of drug-likeness (QED) is 0.670. The molecule has 9 nitrogen and oxygen atoms in total. The molecule has 2 saturated heterocycles. The van der Waals surface area contributed by atoms with Crippen LogP contribution in [0, 0.1) is 6.92 Å². The Labute approximate surface area is 181 Å². The molecule has 166 valence electrons. The average molecular weight is 428 g/mol. The van der Waals surface area contributed by atoms with Gasteiger partial charge in [-0.2, -0.15) is 15.1 Å². The summed E-state index contributed by atoms with van der Waals surface area (Å²) < 4.78 is 18.0. The first-order valence-electron chi connectivity index (χ1n) is 11.0. The Morgan fingerprint density at radius 2 is 2.00 bits per heavy atom. The second kappa shape index (κ2) is 7.74. The van der Waals surface area contributed by atoms with Crippen molar-refractivity contribution in [2.24, 2.45) is 0 Å². The highest BCUT2D eigenvalue weighted by molar-refractivity contribution is 5.87. The molecule has 0 saturated carbocycles. The van der Waals surface area contributed by atoms with Crippen LogP contribution in [0.2, 0.25) is 0 Å². The molecule has 2 atom stereocenters. The second-order valence-electron chi connectivity index (χ2n) is 9.04. The van der Waals surface area contributed by atoms with Crippen LogP contribution >= 0.6 is 0 Å².